The maximum Gasteiger partial charge on any atom is 0.273 e. The molecule has 4 rings (SSSR count). The SMILES string of the molecule is COc1ccc(-c2nc(C(=O)N3CCCCC3CCc3ccc(OC)c(OC)c3)cs2)cc1. The number of likely N-dealkylation sites (tertiary alicyclic amines) is 1. The Hall–Kier alpha value is -3.06. The molecule has 0 saturated carbocycles. The molecule has 0 radical (unpaired) electrons. The Morgan fingerprint density at radius 3 is 2.55 bits per heavy atom. The van der Waals surface area contributed by atoms with Crippen LogP contribution in [0.1, 0.15) is 41.7 Å². The quantitative estimate of drug-likeness (QED) is 0.441. The monoisotopic (exact) mass is 466 g/mol. The molecule has 2 aromatic carbocycles. The molecule has 1 fully saturated rings. The van der Waals surface area contributed by atoms with Gasteiger partial charge in [-0.25, -0.2) is 4.98 Å². The Balaban J connectivity index is 1.44. The largest absolute Gasteiger partial charge is 0.497 e. The highest BCUT2D eigenvalue weighted by Gasteiger charge is 2.28. The van der Waals surface area contributed by atoms with Gasteiger partial charge in [0.15, 0.2) is 11.5 Å². The number of rotatable bonds is 8. The number of nitrogens with zero attached hydrogens (tertiary/aromatic N) is 2. The number of hydrogen-bond donors (Lipinski definition) is 0. The van der Waals surface area contributed by atoms with Crippen LogP contribution in [0.2, 0.25) is 0 Å². The minimum absolute atomic E-state index is 0.0306. The van der Waals surface area contributed by atoms with Crippen LogP contribution < -0.4 is 14.2 Å². The molecule has 6 nitrogen and oxygen atoms in total. The van der Waals surface area contributed by atoms with Gasteiger partial charge in [0, 0.05) is 23.5 Å². The third-order valence-corrected chi connectivity index (χ3v) is 7.05. The third kappa shape index (κ3) is 5.30. The maximum absolute atomic E-state index is 13.4. The third-order valence-electron chi connectivity index (χ3n) is 6.16. The summed E-state index contributed by atoms with van der Waals surface area (Å²) in [5, 5.41) is 2.72. The van der Waals surface area contributed by atoms with Crippen LogP contribution in [0.3, 0.4) is 0 Å². The maximum atomic E-state index is 13.4. The molecule has 33 heavy (non-hydrogen) atoms. The van der Waals surface area contributed by atoms with E-state index in [2.05, 4.69) is 11.1 Å². The first-order valence-electron chi connectivity index (χ1n) is 11.2. The number of aromatic nitrogens is 1. The van der Waals surface area contributed by atoms with Crippen molar-refractivity contribution < 1.29 is 19.0 Å². The van der Waals surface area contributed by atoms with E-state index in [1.54, 1.807) is 21.3 Å². The average molecular weight is 467 g/mol. The fourth-order valence-electron chi connectivity index (χ4n) is 4.32. The van der Waals surface area contributed by atoms with E-state index in [1.165, 1.54) is 16.9 Å². The number of thiazole rings is 1. The van der Waals surface area contributed by atoms with Crippen LogP contribution in [0.15, 0.2) is 47.8 Å². The molecule has 174 valence electrons. The van der Waals surface area contributed by atoms with Gasteiger partial charge in [-0.2, -0.15) is 0 Å². The zero-order chi connectivity index (χ0) is 23.2. The fourth-order valence-corrected chi connectivity index (χ4v) is 5.12. The molecule has 3 aromatic rings. The van der Waals surface area contributed by atoms with Gasteiger partial charge in [0.1, 0.15) is 16.5 Å². The van der Waals surface area contributed by atoms with Gasteiger partial charge in [0.05, 0.1) is 21.3 Å². The summed E-state index contributed by atoms with van der Waals surface area (Å²) < 4.78 is 16.0. The summed E-state index contributed by atoms with van der Waals surface area (Å²) >= 11 is 1.50. The summed E-state index contributed by atoms with van der Waals surface area (Å²) in [6.45, 7) is 0.783. The molecule has 1 saturated heterocycles. The summed E-state index contributed by atoms with van der Waals surface area (Å²) in [6, 6.07) is 14.0. The van der Waals surface area contributed by atoms with Crippen LogP contribution in [-0.2, 0) is 6.42 Å². The van der Waals surface area contributed by atoms with E-state index in [4.69, 9.17) is 14.2 Å². The zero-order valence-corrected chi connectivity index (χ0v) is 20.2. The molecular weight excluding hydrogens is 436 g/mol. The lowest BCUT2D eigenvalue weighted by Crippen LogP contribution is -2.44. The van der Waals surface area contributed by atoms with Gasteiger partial charge in [-0.1, -0.05) is 6.07 Å². The van der Waals surface area contributed by atoms with Crippen molar-refractivity contribution in [3.8, 4) is 27.8 Å². The van der Waals surface area contributed by atoms with Gasteiger partial charge in [0.2, 0.25) is 0 Å². The number of hydrogen-bond acceptors (Lipinski definition) is 6. The molecular formula is C26H30N2O4S. The van der Waals surface area contributed by atoms with Crippen molar-refractivity contribution in [2.24, 2.45) is 0 Å². The molecule has 1 aromatic heterocycles. The van der Waals surface area contributed by atoms with Gasteiger partial charge >= 0.3 is 0 Å². The molecule has 1 aliphatic heterocycles. The molecule has 1 unspecified atom stereocenters. The minimum atomic E-state index is 0.0306. The second-order valence-electron chi connectivity index (χ2n) is 8.14. The lowest BCUT2D eigenvalue weighted by Gasteiger charge is -2.35. The number of carbonyl (C=O) groups excluding carboxylic acids is 1. The molecule has 1 atom stereocenters. The van der Waals surface area contributed by atoms with Gasteiger partial charge in [-0.3, -0.25) is 4.79 Å². The Kier molecular flexibility index (Phi) is 7.50. The number of benzene rings is 2. The van der Waals surface area contributed by atoms with E-state index >= 15 is 0 Å². The van der Waals surface area contributed by atoms with Crippen molar-refractivity contribution in [2.45, 2.75) is 38.1 Å². The van der Waals surface area contributed by atoms with E-state index in [0.717, 1.165) is 66.5 Å². The van der Waals surface area contributed by atoms with Crippen molar-refractivity contribution in [1.29, 1.82) is 0 Å². The second kappa shape index (κ2) is 10.7. The van der Waals surface area contributed by atoms with Crippen LogP contribution in [-0.4, -0.2) is 49.7 Å². The highest BCUT2D eigenvalue weighted by molar-refractivity contribution is 7.13. The number of carbonyl (C=O) groups is 1. The molecule has 1 aliphatic rings. The highest BCUT2D eigenvalue weighted by atomic mass is 32.1. The predicted octanol–water partition coefficient (Wildman–Crippen LogP) is 5.46. The number of ether oxygens (including phenoxy) is 3. The zero-order valence-electron chi connectivity index (χ0n) is 19.4. The normalized spacial score (nSPS) is 15.8. The first kappa shape index (κ1) is 23.1. The Bertz CT molecular complexity index is 1080. The molecule has 1 amide bonds. The number of amides is 1. The lowest BCUT2D eigenvalue weighted by molar-refractivity contribution is 0.0596. The van der Waals surface area contributed by atoms with Crippen LogP contribution in [0, 0.1) is 0 Å². The second-order valence-corrected chi connectivity index (χ2v) is 9.00. The van der Waals surface area contributed by atoms with Crippen LogP contribution in [0.4, 0.5) is 0 Å². The van der Waals surface area contributed by atoms with Gasteiger partial charge < -0.3 is 19.1 Å². The summed E-state index contributed by atoms with van der Waals surface area (Å²) in [6.07, 6.45) is 5.00. The van der Waals surface area contributed by atoms with Crippen LogP contribution >= 0.6 is 11.3 Å². The minimum Gasteiger partial charge on any atom is -0.497 e. The fraction of sp³-hybridized carbons (Fsp3) is 0.385. The Labute approximate surface area is 199 Å². The smallest absolute Gasteiger partial charge is 0.273 e. The van der Waals surface area contributed by atoms with Crippen molar-refractivity contribution in [3.05, 3.63) is 59.1 Å². The van der Waals surface area contributed by atoms with E-state index < -0.39 is 0 Å². The van der Waals surface area contributed by atoms with Crippen molar-refractivity contribution in [1.82, 2.24) is 9.88 Å². The summed E-state index contributed by atoms with van der Waals surface area (Å²) in [7, 11) is 4.94. The molecule has 0 spiro atoms. The summed E-state index contributed by atoms with van der Waals surface area (Å²) in [5.74, 6) is 2.30. The molecule has 0 N–H and O–H groups in total. The summed E-state index contributed by atoms with van der Waals surface area (Å²) in [5.41, 5.74) is 2.70. The Morgan fingerprint density at radius 1 is 1.03 bits per heavy atom. The highest BCUT2D eigenvalue weighted by Crippen LogP contribution is 2.30. The van der Waals surface area contributed by atoms with Gasteiger partial charge in [0.25, 0.3) is 5.91 Å². The lowest BCUT2D eigenvalue weighted by atomic mass is 9.95. The van der Waals surface area contributed by atoms with Crippen molar-refractivity contribution in [3.63, 3.8) is 0 Å². The van der Waals surface area contributed by atoms with Gasteiger partial charge in [-0.15, -0.1) is 11.3 Å². The standard InChI is InChI=1S/C26H30N2O4S/c1-30-21-12-9-19(10-13-21)25-27-22(17-33-25)26(29)28-15-5-4-6-20(28)11-7-18-8-14-23(31-2)24(16-18)32-3/h8-10,12-14,16-17,20H,4-7,11,15H2,1-3H3. The number of piperidine rings is 1. The van der Waals surface area contributed by atoms with E-state index in [9.17, 15) is 4.79 Å². The van der Waals surface area contributed by atoms with Gasteiger partial charge in [-0.05, 0) is 74.1 Å². The molecule has 2 heterocycles. The average Bonchev–Trinajstić information content (AvgIpc) is 3.37. The van der Waals surface area contributed by atoms with E-state index in [-0.39, 0.29) is 11.9 Å². The molecule has 0 bridgehead atoms. The van der Waals surface area contributed by atoms with E-state index in [1.807, 2.05) is 46.7 Å². The van der Waals surface area contributed by atoms with Crippen molar-refractivity contribution >= 4 is 17.2 Å². The predicted molar refractivity (Wildman–Crippen MR) is 131 cm³/mol. The van der Waals surface area contributed by atoms with Crippen LogP contribution in [0.25, 0.3) is 10.6 Å². The molecule has 7 heteroatoms. The number of aryl methyl sites for hydroxylation is 1. The Morgan fingerprint density at radius 2 is 1.82 bits per heavy atom. The summed E-state index contributed by atoms with van der Waals surface area (Å²) in [4.78, 5) is 20.1. The van der Waals surface area contributed by atoms with Crippen molar-refractivity contribution in [2.75, 3.05) is 27.9 Å². The first-order valence-corrected chi connectivity index (χ1v) is 12.1. The first-order chi connectivity index (χ1) is 16.1. The number of methoxy groups -OCH3 is 3. The topological polar surface area (TPSA) is 60.9 Å². The van der Waals surface area contributed by atoms with Crippen LogP contribution in [0.5, 0.6) is 17.2 Å². The van der Waals surface area contributed by atoms with E-state index in [0.29, 0.717) is 5.69 Å². The molecule has 0 aliphatic carbocycles.